The van der Waals surface area contributed by atoms with Gasteiger partial charge in [-0.2, -0.15) is 0 Å². The summed E-state index contributed by atoms with van der Waals surface area (Å²) in [5.41, 5.74) is 0.372. The zero-order valence-electron chi connectivity index (χ0n) is 11.6. The molecule has 0 fully saturated rings. The molecule has 0 heterocycles. The van der Waals surface area contributed by atoms with Gasteiger partial charge in [-0.3, -0.25) is 0 Å². The smallest absolute Gasteiger partial charge is 0.341 e. The largest absolute Gasteiger partial charge is 0.507 e. The van der Waals surface area contributed by atoms with Gasteiger partial charge in [-0.05, 0) is 35.9 Å². The highest BCUT2D eigenvalue weighted by Gasteiger charge is 2.18. The zero-order chi connectivity index (χ0) is 16.3. The van der Waals surface area contributed by atoms with Gasteiger partial charge in [0.05, 0.1) is 17.8 Å². The maximum atomic E-state index is 12.3. The summed E-state index contributed by atoms with van der Waals surface area (Å²) in [7, 11) is -2.35. The van der Waals surface area contributed by atoms with E-state index < -0.39 is 15.8 Å². The molecule has 2 rings (SSSR count). The number of ether oxygens (including phenoxy) is 1. The lowest BCUT2D eigenvalue weighted by molar-refractivity contribution is 0.0597. The Balaban J connectivity index is 2.31. The minimum Gasteiger partial charge on any atom is -0.507 e. The molecule has 0 spiro atoms. The molecule has 0 saturated heterocycles. The van der Waals surface area contributed by atoms with Crippen molar-refractivity contribution in [1.29, 1.82) is 0 Å². The number of benzene rings is 2. The summed E-state index contributed by atoms with van der Waals surface area (Å²) < 4.78 is 29.9. The number of phenols is 1. The number of hydrogen-bond acceptors (Lipinski definition) is 5. The molecule has 0 aromatic heterocycles. The monoisotopic (exact) mass is 384 g/mol. The third-order valence-corrected chi connectivity index (χ3v) is 5.16. The van der Waals surface area contributed by atoms with Crippen molar-refractivity contribution in [3.8, 4) is 5.75 Å². The molecule has 0 unspecified atom stereocenters. The summed E-state index contributed by atoms with van der Waals surface area (Å²) in [5, 5.41) is 9.80. The van der Waals surface area contributed by atoms with Crippen LogP contribution in [0.4, 0.5) is 0 Å². The van der Waals surface area contributed by atoms with Gasteiger partial charge in [0.1, 0.15) is 11.3 Å². The third-order valence-electron chi connectivity index (χ3n) is 2.98. The van der Waals surface area contributed by atoms with E-state index in [0.29, 0.717) is 10.0 Å². The van der Waals surface area contributed by atoms with Crippen molar-refractivity contribution < 1.29 is 23.1 Å². The number of hydrogen-bond donors (Lipinski definition) is 1. The van der Waals surface area contributed by atoms with E-state index in [-0.39, 0.29) is 22.0 Å². The van der Waals surface area contributed by atoms with Crippen LogP contribution in [0.1, 0.15) is 15.9 Å². The molecule has 0 aliphatic rings. The van der Waals surface area contributed by atoms with E-state index in [4.69, 9.17) is 0 Å². The van der Waals surface area contributed by atoms with Gasteiger partial charge in [-0.15, -0.1) is 0 Å². The number of carbonyl (C=O) groups excluding carboxylic acids is 1. The lowest BCUT2D eigenvalue weighted by Gasteiger charge is -2.08. The van der Waals surface area contributed by atoms with Crippen LogP contribution in [0.5, 0.6) is 5.75 Å². The van der Waals surface area contributed by atoms with Gasteiger partial charge in [-0.25, -0.2) is 13.2 Å². The number of rotatable bonds is 4. The average Bonchev–Trinajstić information content (AvgIpc) is 2.46. The second-order valence-electron chi connectivity index (χ2n) is 4.56. The van der Waals surface area contributed by atoms with Gasteiger partial charge in [0, 0.05) is 4.47 Å². The lowest BCUT2D eigenvalue weighted by Crippen LogP contribution is -2.06. The van der Waals surface area contributed by atoms with Crippen LogP contribution in [-0.4, -0.2) is 26.6 Å². The summed E-state index contributed by atoms with van der Waals surface area (Å²) in [5.74, 6) is -1.27. The first kappa shape index (κ1) is 16.5. The Hall–Kier alpha value is -1.86. The van der Waals surface area contributed by atoms with Crippen LogP contribution in [-0.2, 0) is 20.3 Å². The van der Waals surface area contributed by atoms with E-state index in [2.05, 4.69) is 20.7 Å². The Labute approximate surface area is 136 Å². The second kappa shape index (κ2) is 6.50. The van der Waals surface area contributed by atoms with Crippen molar-refractivity contribution in [1.82, 2.24) is 0 Å². The number of esters is 1. The molecular formula is C15H13BrO5S. The highest BCUT2D eigenvalue weighted by atomic mass is 79.9. The standard InChI is InChI=1S/C15H13BrO5S/c1-21-15(18)13-6-5-10(7-14(13)17)9-22(19,20)12-4-2-3-11(16)8-12/h2-8,17H,9H2,1H3. The van der Waals surface area contributed by atoms with E-state index in [1.165, 1.54) is 37.4 Å². The summed E-state index contributed by atoms with van der Waals surface area (Å²) >= 11 is 3.23. The van der Waals surface area contributed by atoms with E-state index in [0.717, 1.165) is 0 Å². The van der Waals surface area contributed by atoms with Gasteiger partial charge in [0.25, 0.3) is 0 Å². The second-order valence-corrected chi connectivity index (χ2v) is 7.46. The fraction of sp³-hybridized carbons (Fsp3) is 0.133. The molecule has 0 bridgehead atoms. The van der Waals surface area contributed by atoms with Gasteiger partial charge in [-0.1, -0.05) is 28.1 Å². The molecule has 0 radical (unpaired) electrons. The van der Waals surface area contributed by atoms with Crippen molar-refractivity contribution in [2.24, 2.45) is 0 Å². The van der Waals surface area contributed by atoms with Gasteiger partial charge in [0.15, 0.2) is 9.84 Å². The van der Waals surface area contributed by atoms with Gasteiger partial charge < -0.3 is 9.84 Å². The van der Waals surface area contributed by atoms with Crippen LogP contribution in [0, 0.1) is 0 Å². The normalized spacial score (nSPS) is 11.2. The Bertz CT molecular complexity index is 814. The summed E-state index contributed by atoms with van der Waals surface area (Å²) in [6, 6.07) is 10.4. The van der Waals surface area contributed by atoms with Crippen molar-refractivity contribution in [3.05, 3.63) is 58.1 Å². The maximum Gasteiger partial charge on any atom is 0.341 e. The molecule has 2 aromatic rings. The van der Waals surface area contributed by atoms with Crippen LogP contribution in [0.2, 0.25) is 0 Å². The van der Waals surface area contributed by atoms with Crippen LogP contribution in [0.15, 0.2) is 51.8 Å². The molecule has 0 aliphatic carbocycles. The SMILES string of the molecule is COC(=O)c1ccc(CS(=O)(=O)c2cccc(Br)c2)cc1O. The van der Waals surface area contributed by atoms with Crippen molar-refractivity contribution in [3.63, 3.8) is 0 Å². The molecule has 7 heteroatoms. The van der Waals surface area contributed by atoms with Crippen LogP contribution >= 0.6 is 15.9 Å². The quantitative estimate of drug-likeness (QED) is 0.819. The first-order valence-corrected chi connectivity index (χ1v) is 8.66. The molecule has 22 heavy (non-hydrogen) atoms. The van der Waals surface area contributed by atoms with Crippen molar-refractivity contribution in [2.75, 3.05) is 7.11 Å². The van der Waals surface area contributed by atoms with Crippen molar-refractivity contribution in [2.45, 2.75) is 10.6 Å². The van der Waals surface area contributed by atoms with Gasteiger partial charge in [0.2, 0.25) is 0 Å². The molecule has 116 valence electrons. The van der Waals surface area contributed by atoms with Crippen LogP contribution in [0.3, 0.4) is 0 Å². The first-order chi connectivity index (χ1) is 10.3. The van der Waals surface area contributed by atoms with Crippen LogP contribution < -0.4 is 0 Å². The maximum absolute atomic E-state index is 12.3. The predicted octanol–water partition coefficient (Wildman–Crippen LogP) is 2.92. The topological polar surface area (TPSA) is 80.7 Å². The molecule has 0 aliphatic heterocycles. The third kappa shape index (κ3) is 3.66. The Kier molecular flexibility index (Phi) is 4.87. The van der Waals surface area contributed by atoms with E-state index in [9.17, 15) is 18.3 Å². The Morgan fingerprint density at radius 3 is 2.55 bits per heavy atom. The number of aromatic hydroxyl groups is 1. The summed E-state index contributed by atoms with van der Waals surface area (Å²) in [4.78, 5) is 11.6. The zero-order valence-corrected chi connectivity index (χ0v) is 14.0. The number of methoxy groups -OCH3 is 1. The van der Waals surface area contributed by atoms with Crippen LogP contribution in [0.25, 0.3) is 0 Å². The Morgan fingerprint density at radius 1 is 1.23 bits per heavy atom. The Morgan fingerprint density at radius 2 is 1.95 bits per heavy atom. The number of carbonyl (C=O) groups is 1. The number of sulfone groups is 1. The molecule has 0 atom stereocenters. The van der Waals surface area contributed by atoms with E-state index >= 15 is 0 Å². The highest BCUT2D eigenvalue weighted by Crippen LogP contribution is 2.24. The molecule has 2 aromatic carbocycles. The highest BCUT2D eigenvalue weighted by molar-refractivity contribution is 9.10. The molecule has 0 amide bonds. The predicted molar refractivity (Wildman–Crippen MR) is 84.5 cm³/mol. The fourth-order valence-electron chi connectivity index (χ4n) is 1.91. The van der Waals surface area contributed by atoms with Crippen molar-refractivity contribution >= 4 is 31.7 Å². The summed E-state index contributed by atoms with van der Waals surface area (Å²) in [6.07, 6.45) is 0. The minimum atomic E-state index is -3.55. The molecule has 5 nitrogen and oxygen atoms in total. The molecular weight excluding hydrogens is 372 g/mol. The fourth-order valence-corrected chi connectivity index (χ4v) is 3.84. The summed E-state index contributed by atoms with van der Waals surface area (Å²) in [6.45, 7) is 0. The minimum absolute atomic E-state index is 0.00824. The molecule has 0 saturated carbocycles. The average molecular weight is 385 g/mol. The number of phenolic OH excluding ortho intramolecular Hbond substituents is 1. The lowest BCUT2D eigenvalue weighted by atomic mass is 10.1. The number of halogens is 1. The first-order valence-electron chi connectivity index (χ1n) is 6.22. The molecule has 1 N–H and O–H groups in total. The van der Waals surface area contributed by atoms with Gasteiger partial charge >= 0.3 is 5.97 Å². The van der Waals surface area contributed by atoms with E-state index in [1.807, 2.05) is 0 Å². The van der Waals surface area contributed by atoms with E-state index in [1.54, 1.807) is 12.1 Å².